The molecule has 0 saturated carbocycles. The summed E-state index contributed by atoms with van der Waals surface area (Å²) in [5, 5.41) is 1.85. The predicted molar refractivity (Wildman–Crippen MR) is 60.7 cm³/mol. The Morgan fingerprint density at radius 1 is 1.07 bits per heavy atom. The van der Waals surface area contributed by atoms with Gasteiger partial charge in [0.1, 0.15) is 0 Å². The van der Waals surface area contributed by atoms with Crippen LogP contribution in [0, 0.1) is 0 Å². The molecule has 72 valence electrons. The first-order valence-electron chi connectivity index (χ1n) is 4.22. The van der Waals surface area contributed by atoms with Gasteiger partial charge in [-0.05, 0) is 16.8 Å². The molecule has 0 atom stereocenters. The van der Waals surface area contributed by atoms with E-state index in [-0.39, 0.29) is 51.4 Å². The van der Waals surface area contributed by atoms with Gasteiger partial charge < -0.3 is 4.84 Å². The molecule has 0 fully saturated rings. The van der Waals surface area contributed by atoms with Gasteiger partial charge in [0, 0.05) is 0 Å². The maximum atomic E-state index is 11.3. The van der Waals surface area contributed by atoms with Crippen LogP contribution in [0.25, 0.3) is 10.8 Å². The van der Waals surface area contributed by atoms with Crippen LogP contribution in [0.4, 0.5) is 0 Å². The van der Waals surface area contributed by atoms with Gasteiger partial charge >= 0.3 is 57.4 Å². The molecule has 2 aromatic carbocycles. The van der Waals surface area contributed by atoms with Crippen LogP contribution in [0.2, 0.25) is 0 Å². The fraction of sp³-hybridized carbons (Fsp3) is 0. The summed E-state index contributed by atoms with van der Waals surface area (Å²) in [4.78, 5) is 15.5. The van der Waals surface area contributed by atoms with Crippen LogP contribution in [0.5, 0.6) is 0 Å². The SMILES string of the molecule is NOC(=O)c1cccc2ccccc12.[KH]. The summed E-state index contributed by atoms with van der Waals surface area (Å²) in [6.45, 7) is 0. The Morgan fingerprint density at radius 3 is 2.47 bits per heavy atom. The van der Waals surface area contributed by atoms with Crippen molar-refractivity contribution >= 4 is 68.1 Å². The molecule has 0 aliphatic heterocycles. The van der Waals surface area contributed by atoms with Crippen LogP contribution in [0.1, 0.15) is 10.4 Å². The number of hydrogen-bond acceptors (Lipinski definition) is 3. The Bertz CT molecular complexity index is 479. The van der Waals surface area contributed by atoms with Crippen molar-refractivity contribution in [2.24, 2.45) is 5.90 Å². The molecule has 0 amide bonds. The Labute approximate surface area is 130 Å². The quantitative estimate of drug-likeness (QED) is 0.588. The zero-order valence-corrected chi connectivity index (χ0v) is 7.44. The molecule has 0 spiro atoms. The summed E-state index contributed by atoms with van der Waals surface area (Å²) >= 11 is 0. The number of fused-ring (bicyclic) bond motifs is 1. The second-order valence-corrected chi connectivity index (χ2v) is 2.93. The third-order valence-corrected chi connectivity index (χ3v) is 2.12. The summed E-state index contributed by atoms with van der Waals surface area (Å²) in [6.07, 6.45) is 0. The normalized spacial score (nSPS) is 9.40. The van der Waals surface area contributed by atoms with Crippen molar-refractivity contribution in [3.63, 3.8) is 0 Å². The zero-order chi connectivity index (χ0) is 9.97. The number of benzene rings is 2. The first-order valence-corrected chi connectivity index (χ1v) is 4.22. The average molecular weight is 227 g/mol. The van der Waals surface area contributed by atoms with Crippen molar-refractivity contribution < 1.29 is 9.63 Å². The molecule has 0 unspecified atom stereocenters. The molecule has 0 aliphatic rings. The minimum absolute atomic E-state index is 0. The first-order chi connectivity index (χ1) is 6.83. The van der Waals surface area contributed by atoms with E-state index in [1.807, 2.05) is 30.3 Å². The summed E-state index contributed by atoms with van der Waals surface area (Å²) < 4.78 is 0. The number of rotatable bonds is 1. The standard InChI is InChI=1S/C11H9NO2.K.H/c12-14-11(13)10-7-3-5-8-4-1-2-6-9(8)10;;/h1-7H,12H2;;. The van der Waals surface area contributed by atoms with Gasteiger partial charge in [0.25, 0.3) is 0 Å². The number of nitrogens with two attached hydrogens (primary N) is 1. The van der Waals surface area contributed by atoms with Crippen LogP contribution in [0.15, 0.2) is 42.5 Å². The second kappa shape index (κ2) is 5.74. The van der Waals surface area contributed by atoms with Crippen molar-refractivity contribution in [2.45, 2.75) is 0 Å². The van der Waals surface area contributed by atoms with Crippen LogP contribution in [-0.2, 0) is 4.84 Å². The van der Waals surface area contributed by atoms with Gasteiger partial charge in [-0.15, -0.1) is 0 Å². The molecule has 0 radical (unpaired) electrons. The van der Waals surface area contributed by atoms with Crippen molar-refractivity contribution in [1.82, 2.24) is 0 Å². The fourth-order valence-corrected chi connectivity index (χ4v) is 1.47. The van der Waals surface area contributed by atoms with E-state index in [0.717, 1.165) is 10.8 Å². The van der Waals surface area contributed by atoms with Crippen LogP contribution in [0.3, 0.4) is 0 Å². The molecule has 15 heavy (non-hydrogen) atoms. The van der Waals surface area contributed by atoms with E-state index in [1.54, 1.807) is 12.1 Å². The summed E-state index contributed by atoms with van der Waals surface area (Å²) in [5.41, 5.74) is 0.491. The minimum atomic E-state index is -0.512. The van der Waals surface area contributed by atoms with Gasteiger partial charge in [-0.3, -0.25) is 0 Å². The van der Waals surface area contributed by atoms with Crippen LogP contribution >= 0.6 is 0 Å². The van der Waals surface area contributed by atoms with E-state index >= 15 is 0 Å². The average Bonchev–Trinajstić information content (AvgIpc) is 2.27. The molecule has 0 aromatic heterocycles. The molecule has 2 rings (SSSR count). The van der Waals surface area contributed by atoms with Crippen molar-refractivity contribution in [1.29, 1.82) is 0 Å². The predicted octanol–water partition coefficient (Wildman–Crippen LogP) is 1.22. The molecular formula is C11H10KNO2. The van der Waals surface area contributed by atoms with Crippen molar-refractivity contribution in [3.8, 4) is 0 Å². The zero-order valence-electron chi connectivity index (χ0n) is 7.44. The second-order valence-electron chi connectivity index (χ2n) is 2.93. The molecule has 0 saturated heterocycles. The third-order valence-electron chi connectivity index (χ3n) is 2.12. The van der Waals surface area contributed by atoms with Gasteiger partial charge in [0.2, 0.25) is 0 Å². The monoisotopic (exact) mass is 227 g/mol. The van der Waals surface area contributed by atoms with Crippen LogP contribution in [-0.4, -0.2) is 57.4 Å². The van der Waals surface area contributed by atoms with Crippen molar-refractivity contribution in [3.05, 3.63) is 48.0 Å². The molecular weight excluding hydrogens is 217 g/mol. The Kier molecular flexibility index (Phi) is 4.91. The topological polar surface area (TPSA) is 52.3 Å². The van der Waals surface area contributed by atoms with Gasteiger partial charge in [0.05, 0.1) is 5.56 Å². The number of carbonyl (C=O) groups is 1. The van der Waals surface area contributed by atoms with Crippen molar-refractivity contribution in [2.75, 3.05) is 0 Å². The summed E-state index contributed by atoms with van der Waals surface area (Å²) in [6, 6.07) is 13.0. The summed E-state index contributed by atoms with van der Waals surface area (Å²) in [7, 11) is 0. The van der Waals surface area contributed by atoms with E-state index in [0.29, 0.717) is 5.56 Å². The Hall–Kier alpha value is -0.234. The molecule has 3 nitrogen and oxygen atoms in total. The fourth-order valence-electron chi connectivity index (χ4n) is 1.47. The van der Waals surface area contributed by atoms with Gasteiger partial charge in [-0.1, -0.05) is 36.4 Å². The van der Waals surface area contributed by atoms with E-state index < -0.39 is 5.97 Å². The number of hydrogen-bond donors (Lipinski definition) is 1. The number of carbonyl (C=O) groups excluding carboxylic acids is 1. The maximum absolute atomic E-state index is 11.3. The molecule has 2 aromatic rings. The van der Waals surface area contributed by atoms with Gasteiger partial charge in [0.15, 0.2) is 0 Å². The third kappa shape index (κ3) is 2.66. The molecule has 4 heteroatoms. The van der Waals surface area contributed by atoms with E-state index in [2.05, 4.69) is 4.84 Å². The molecule has 0 aliphatic carbocycles. The van der Waals surface area contributed by atoms with E-state index in [1.165, 1.54) is 0 Å². The Morgan fingerprint density at radius 2 is 1.73 bits per heavy atom. The Balaban J connectivity index is 0.00000112. The molecule has 0 bridgehead atoms. The molecule has 2 N–H and O–H groups in total. The van der Waals surface area contributed by atoms with Crippen LogP contribution < -0.4 is 5.90 Å². The molecule has 0 heterocycles. The van der Waals surface area contributed by atoms with Gasteiger partial charge in [-0.2, -0.15) is 5.90 Å². The van der Waals surface area contributed by atoms with E-state index in [9.17, 15) is 4.79 Å². The van der Waals surface area contributed by atoms with Gasteiger partial charge in [-0.25, -0.2) is 4.79 Å². The first kappa shape index (κ1) is 12.8. The summed E-state index contributed by atoms with van der Waals surface area (Å²) in [5.74, 6) is 4.33. The van der Waals surface area contributed by atoms with E-state index in [4.69, 9.17) is 5.90 Å².